The summed E-state index contributed by atoms with van der Waals surface area (Å²) in [5.41, 5.74) is 0.917. The Kier molecular flexibility index (Phi) is 5.55. The van der Waals surface area contributed by atoms with Gasteiger partial charge in [0.25, 0.3) is 0 Å². The molecule has 1 aromatic carbocycles. The number of aromatic nitrogens is 2. The summed E-state index contributed by atoms with van der Waals surface area (Å²) in [6.45, 7) is 5.17. The first-order valence-electron chi connectivity index (χ1n) is 8.34. The summed E-state index contributed by atoms with van der Waals surface area (Å²) in [5, 5.41) is 6.80. The Hall–Kier alpha value is -2.54. The van der Waals surface area contributed by atoms with Crippen molar-refractivity contribution in [2.75, 3.05) is 19.6 Å². The van der Waals surface area contributed by atoms with E-state index in [1.807, 2.05) is 4.90 Å². The fraction of sp³-hybridized carbons (Fsp3) is 0.389. The highest BCUT2D eigenvalue weighted by molar-refractivity contribution is 5.78. The standard InChI is InChI=1S/C18H21FN4O2/c1-2-9-20-17(24)12-23-10-3-4-15(23)18-21-16(22-25-18)11-13-5-7-14(19)8-6-13/h2,5-8,15H,1,3-4,9-12H2,(H,20,24). The molecular formula is C18H21FN4O2. The largest absolute Gasteiger partial charge is 0.352 e. The van der Waals surface area contributed by atoms with Gasteiger partial charge in [0.05, 0.1) is 12.6 Å². The summed E-state index contributed by atoms with van der Waals surface area (Å²) in [6, 6.07) is 6.20. The van der Waals surface area contributed by atoms with Crippen LogP contribution < -0.4 is 5.32 Å². The summed E-state index contributed by atoms with van der Waals surface area (Å²) >= 11 is 0. The van der Waals surface area contributed by atoms with Gasteiger partial charge in [-0.1, -0.05) is 23.4 Å². The quantitative estimate of drug-likeness (QED) is 0.780. The molecule has 6 nitrogen and oxygen atoms in total. The van der Waals surface area contributed by atoms with Crippen molar-refractivity contribution in [1.29, 1.82) is 0 Å². The number of benzene rings is 1. The van der Waals surface area contributed by atoms with Gasteiger partial charge in [0.2, 0.25) is 11.8 Å². The van der Waals surface area contributed by atoms with Gasteiger partial charge >= 0.3 is 0 Å². The number of nitrogens with one attached hydrogen (secondary N) is 1. The smallest absolute Gasteiger partial charge is 0.244 e. The topological polar surface area (TPSA) is 71.3 Å². The normalized spacial score (nSPS) is 17.6. The third-order valence-electron chi connectivity index (χ3n) is 4.20. The van der Waals surface area contributed by atoms with Crippen LogP contribution in [0, 0.1) is 5.82 Å². The molecule has 7 heteroatoms. The molecule has 1 aliphatic heterocycles. The van der Waals surface area contributed by atoms with Gasteiger partial charge in [-0.25, -0.2) is 4.39 Å². The second kappa shape index (κ2) is 8.02. The number of likely N-dealkylation sites (tertiary alicyclic amines) is 1. The highest BCUT2D eigenvalue weighted by atomic mass is 19.1. The van der Waals surface area contributed by atoms with E-state index in [0.717, 1.165) is 24.9 Å². The van der Waals surface area contributed by atoms with E-state index in [-0.39, 0.29) is 17.8 Å². The van der Waals surface area contributed by atoms with Gasteiger partial charge in [0.15, 0.2) is 5.82 Å². The van der Waals surface area contributed by atoms with Crippen molar-refractivity contribution in [1.82, 2.24) is 20.4 Å². The molecule has 2 aromatic rings. The zero-order chi connectivity index (χ0) is 17.6. The first-order valence-corrected chi connectivity index (χ1v) is 8.34. The molecule has 0 radical (unpaired) electrons. The highest BCUT2D eigenvalue weighted by Gasteiger charge is 2.31. The Morgan fingerprint density at radius 3 is 3.00 bits per heavy atom. The van der Waals surface area contributed by atoms with E-state index in [9.17, 15) is 9.18 Å². The first-order chi connectivity index (χ1) is 12.2. The number of hydrogen-bond donors (Lipinski definition) is 1. The Labute approximate surface area is 145 Å². The van der Waals surface area contributed by atoms with Crippen LogP contribution in [0.15, 0.2) is 41.4 Å². The van der Waals surface area contributed by atoms with E-state index in [4.69, 9.17) is 4.52 Å². The minimum absolute atomic E-state index is 0.0380. The number of halogens is 1. The van der Waals surface area contributed by atoms with Crippen LogP contribution in [-0.4, -0.2) is 40.6 Å². The van der Waals surface area contributed by atoms with Crippen LogP contribution in [0.25, 0.3) is 0 Å². The van der Waals surface area contributed by atoms with Crippen molar-refractivity contribution in [2.45, 2.75) is 25.3 Å². The van der Waals surface area contributed by atoms with Crippen LogP contribution >= 0.6 is 0 Å². The van der Waals surface area contributed by atoms with Crippen LogP contribution in [-0.2, 0) is 11.2 Å². The molecule has 2 heterocycles. The molecule has 25 heavy (non-hydrogen) atoms. The third kappa shape index (κ3) is 4.51. The zero-order valence-corrected chi connectivity index (χ0v) is 13.9. The molecule has 132 valence electrons. The van der Waals surface area contributed by atoms with Gasteiger partial charge in [-0.3, -0.25) is 9.69 Å². The molecule has 0 bridgehead atoms. The minimum atomic E-state index is -0.270. The third-order valence-corrected chi connectivity index (χ3v) is 4.20. The summed E-state index contributed by atoms with van der Waals surface area (Å²) in [4.78, 5) is 18.4. The molecular weight excluding hydrogens is 323 g/mol. The fourth-order valence-electron chi connectivity index (χ4n) is 2.98. The van der Waals surface area contributed by atoms with Crippen molar-refractivity contribution in [3.8, 4) is 0 Å². The maximum atomic E-state index is 13.0. The molecule has 3 rings (SSSR count). The lowest BCUT2D eigenvalue weighted by Crippen LogP contribution is -2.37. The fourth-order valence-corrected chi connectivity index (χ4v) is 2.98. The number of hydrogen-bond acceptors (Lipinski definition) is 5. The van der Waals surface area contributed by atoms with Gasteiger partial charge < -0.3 is 9.84 Å². The molecule has 1 atom stereocenters. The lowest BCUT2D eigenvalue weighted by Gasteiger charge is -2.20. The predicted octanol–water partition coefficient (Wildman–Crippen LogP) is 2.24. The number of rotatable bonds is 7. The van der Waals surface area contributed by atoms with E-state index in [1.165, 1.54) is 12.1 Å². The van der Waals surface area contributed by atoms with Gasteiger partial charge in [0.1, 0.15) is 5.82 Å². The molecule has 0 saturated carbocycles. The van der Waals surface area contributed by atoms with Gasteiger partial charge in [-0.2, -0.15) is 4.98 Å². The average Bonchev–Trinajstić information content (AvgIpc) is 3.24. The first kappa shape index (κ1) is 17.3. The number of nitrogens with zero attached hydrogens (tertiary/aromatic N) is 3. The lowest BCUT2D eigenvalue weighted by molar-refractivity contribution is -0.122. The second-order valence-electron chi connectivity index (χ2n) is 6.07. The number of amides is 1. The highest BCUT2D eigenvalue weighted by Crippen LogP contribution is 2.30. The molecule has 1 unspecified atom stereocenters. The molecule has 1 aromatic heterocycles. The average molecular weight is 344 g/mol. The van der Waals surface area contributed by atoms with Crippen molar-refractivity contribution in [3.05, 3.63) is 60.0 Å². The molecule has 0 spiro atoms. The Morgan fingerprint density at radius 2 is 2.24 bits per heavy atom. The van der Waals surface area contributed by atoms with Gasteiger partial charge in [-0.15, -0.1) is 6.58 Å². The summed E-state index contributed by atoms with van der Waals surface area (Å²) in [5.74, 6) is 0.780. The van der Waals surface area contributed by atoms with Crippen LogP contribution in [0.3, 0.4) is 0 Å². The van der Waals surface area contributed by atoms with E-state index in [2.05, 4.69) is 22.0 Å². The SMILES string of the molecule is C=CCNC(=O)CN1CCCC1c1nc(Cc2ccc(F)cc2)no1. The number of carbonyl (C=O) groups is 1. The van der Waals surface area contributed by atoms with Crippen LogP contribution in [0.5, 0.6) is 0 Å². The summed E-state index contributed by atoms with van der Waals surface area (Å²) < 4.78 is 18.4. The Bertz CT molecular complexity index is 729. The van der Waals surface area contributed by atoms with Crippen molar-refractivity contribution < 1.29 is 13.7 Å². The Morgan fingerprint density at radius 1 is 1.44 bits per heavy atom. The van der Waals surface area contributed by atoms with Crippen molar-refractivity contribution >= 4 is 5.91 Å². The number of carbonyl (C=O) groups excluding carboxylic acids is 1. The van der Waals surface area contributed by atoms with E-state index in [1.54, 1.807) is 18.2 Å². The zero-order valence-electron chi connectivity index (χ0n) is 13.9. The van der Waals surface area contributed by atoms with Crippen LogP contribution in [0.2, 0.25) is 0 Å². The Balaban J connectivity index is 1.63. The maximum Gasteiger partial charge on any atom is 0.244 e. The van der Waals surface area contributed by atoms with Crippen LogP contribution in [0.1, 0.15) is 36.2 Å². The van der Waals surface area contributed by atoms with Crippen molar-refractivity contribution in [3.63, 3.8) is 0 Å². The molecule has 1 amide bonds. The summed E-state index contributed by atoms with van der Waals surface area (Å²) in [6.07, 6.45) is 4.00. The molecule has 0 aliphatic carbocycles. The van der Waals surface area contributed by atoms with Crippen LogP contribution in [0.4, 0.5) is 4.39 Å². The second-order valence-corrected chi connectivity index (χ2v) is 6.07. The van der Waals surface area contributed by atoms with Gasteiger partial charge in [-0.05, 0) is 37.1 Å². The molecule has 1 N–H and O–H groups in total. The molecule has 1 saturated heterocycles. The molecule has 1 fully saturated rings. The van der Waals surface area contributed by atoms with E-state index < -0.39 is 0 Å². The van der Waals surface area contributed by atoms with Gasteiger partial charge in [0, 0.05) is 13.0 Å². The molecule has 1 aliphatic rings. The van der Waals surface area contributed by atoms with Crippen molar-refractivity contribution in [2.24, 2.45) is 0 Å². The minimum Gasteiger partial charge on any atom is -0.352 e. The lowest BCUT2D eigenvalue weighted by atomic mass is 10.1. The monoisotopic (exact) mass is 344 g/mol. The van der Waals surface area contributed by atoms with E-state index in [0.29, 0.717) is 31.2 Å². The maximum absolute atomic E-state index is 13.0. The summed E-state index contributed by atoms with van der Waals surface area (Å²) in [7, 11) is 0. The van der Waals surface area contributed by atoms with E-state index >= 15 is 0 Å². The predicted molar refractivity (Wildman–Crippen MR) is 90.3 cm³/mol.